The van der Waals surface area contributed by atoms with Crippen LogP contribution in [0.2, 0.25) is 0 Å². The maximum atomic E-state index is 10.3. The zero-order chi connectivity index (χ0) is 33.6. The highest BCUT2D eigenvalue weighted by Crippen LogP contribution is 2.34. The van der Waals surface area contributed by atoms with Gasteiger partial charge >= 0.3 is 0 Å². The molecule has 0 heterocycles. The second-order valence-electron chi connectivity index (χ2n) is 13.2. The topological polar surface area (TPSA) is 49.7 Å². The zero-order valence-corrected chi connectivity index (χ0v) is 30.2. The summed E-state index contributed by atoms with van der Waals surface area (Å²) in [6.45, 7) is 17.8. The van der Waals surface area contributed by atoms with E-state index in [4.69, 9.17) is 4.74 Å². The quantitative estimate of drug-likeness (QED) is 0.107. The van der Waals surface area contributed by atoms with Crippen LogP contribution in [0.3, 0.4) is 0 Å². The van der Waals surface area contributed by atoms with Crippen molar-refractivity contribution < 1.29 is 14.9 Å². The summed E-state index contributed by atoms with van der Waals surface area (Å²) in [5.41, 5.74) is 10.8. The number of allylic oxidation sites excluding steroid dienone is 14. The van der Waals surface area contributed by atoms with Crippen LogP contribution in [-0.4, -0.2) is 17.3 Å². The SMILES string of the molecule is COc1cc(O)cc(C/C=C(\C)CC/C=C(\C)CC/C=C(\C)CC/C=C(\C)CC/C=C(\C)CC/C=C(\C)CCC=C(C)C)c1O. The zero-order valence-electron chi connectivity index (χ0n) is 30.2. The Morgan fingerprint density at radius 2 is 0.844 bits per heavy atom. The van der Waals surface area contributed by atoms with Gasteiger partial charge in [0.05, 0.1) is 7.11 Å². The first-order valence-electron chi connectivity index (χ1n) is 17.1. The Labute approximate surface area is 276 Å². The number of phenolic OH excluding ortho intramolecular Hbond substituents is 2. The molecule has 0 radical (unpaired) electrons. The van der Waals surface area contributed by atoms with Gasteiger partial charge in [0, 0.05) is 11.6 Å². The summed E-state index contributed by atoms with van der Waals surface area (Å²) in [5.74, 6) is 0.499. The molecule has 0 spiro atoms. The van der Waals surface area contributed by atoms with Gasteiger partial charge in [0.1, 0.15) is 5.75 Å². The predicted molar refractivity (Wildman–Crippen MR) is 197 cm³/mol. The van der Waals surface area contributed by atoms with Crippen LogP contribution in [0.4, 0.5) is 0 Å². The molecule has 0 amide bonds. The molecule has 0 aliphatic rings. The standard InChI is InChI=1S/C42H64O3/c1-32(2)16-10-17-33(3)18-11-19-34(4)20-12-21-35(5)22-13-23-36(6)24-14-25-37(7)26-15-27-38(8)28-29-39-30-40(43)31-41(45-9)42(39)44/h16,18,20,22,24,26,28,30-31,43-44H,10-15,17,19,21,23,25,27,29H2,1-9H3/b33-18+,34-20+,35-22+,36-24+,37-26+,38-28+. The first kappa shape index (κ1) is 39.8. The van der Waals surface area contributed by atoms with E-state index in [9.17, 15) is 10.2 Å². The van der Waals surface area contributed by atoms with Crippen molar-refractivity contribution in [2.24, 2.45) is 0 Å². The number of hydrogen-bond acceptors (Lipinski definition) is 3. The highest BCUT2D eigenvalue weighted by atomic mass is 16.5. The van der Waals surface area contributed by atoms with Gasteiger partial charge in [-0.05, 0) is 145 Å². The fourth-order valence-electron chi connectivity index (χ4n) is 5.18. The van der Waals surface area contributed by atoms with Gasteiger partial charge < -0.3 is 14.9 Å². The van der Waals surface area contributed by atoms with Gasteiger partial charge in [0.2, 0.25) is 0 Å². The summed E-state index contributed by atoms with van der Waals surface area (Å²) >= 11 is 0. The Bertz CT molecular complexity index is 1240. The smallest absolute Gasteiger partial charge is 0.164 e. The van der Waals surface area contributed by atoms with Crippen molar-refractivity contribution in [2.45, 2.75) is 139 Å². The first-order chi connectivity index (χ1) is 21.4. The van der Waals surface area contributed by atoms with Crippen molar-refractivity contribution in [1.29, 1.82) is 0 Å². The number of methoxy groups -OCH3 is 1. The molecule has 0 unspecified atom stereocenters. The van der Waals surface area contributed by atoms with Crippen LogP contribution in [0.5, 0.6) is 17.2 Å². The van der Waals surface area contributed by atoms with Gasteiger partial charge in [-0.15, -0.1) is 0 Å². The summed E-state index contributed by atoms with van der Waals surface area (Å²) in [6.07, 6.45) is 30.5. The van der Waals surface area contributed by atoms with Crippen LogP contribution in [0.15, 0.2) is 93.7 Å². The summed E-state index contributed by atoms with van der Waals surface area (Å²) in [4.78, 5) is 0. The van der Waals surface area contributed by atoms with E-state index in [1.165, 1.54) is 65.0 Å². The predicted octanol–water partition coefficient (Wildman–Crippen LogP) is 13.0. The molecule has 250 valence electrons. The molecular weight excluding hydrogens is 552 g/mol. The lowest BCUT2D eigenvalue weighted by Crippen LogP contribution is -1.90. The third-order valence-electron chi connectivity index (χ3n) is 8.28. The van der Waals surface area contributed by atoms with Crippen molar-refractivity contribution in [3.63, 3.8) is 0 Å². The summed E-state index contributed by atoms with van der Waals surface area (Å²) in [6, 6.07) is 3.02. The molecule has 3 heteroatoms. The lowest BCUT2D eigenvalue weighted by molar-refractivity contribution is 0.366. The molecule has 1 aromatic carbocycles. The van der Waals surface area contributed by atoms with E-state index in [-0.39, 0.29) is 11.5 Å². The van der Waals surface area contributed by atoms with Gasteiger partial charge in [-0.25, -0.2) is 0 Å². The molecule has 3 nitrogen and oxygen atoms in total. The number of phenols is 2. The van der Waals surface area contributed by atoms with Crippen LogP contribution in [0.25, 0.3) is 0 Å². The molecule has 1 aromatic rings. The lowest BCUT2D eigenvalue weighted by atomic mass is 10.0. The third-order valence-corrected chi connectivity index (χ3v) is 8.28. The Morgan fingerprint density at radius 3 is 1.18 bits per heavy atom. The number of ether oxygens (including phenoxy) is 1. The number of aromatic hydroxyl groups is 2. The maximum Gasteiger partial charge on any atom is 0.164 e. The first-order valence-corrected chi connectivity index (χ1v) is 17.1. The molecule has 0 saturated carbocycles. The Balaban J connectivity index is 2.31. The van der Waals surface area contributed by atoms with Gasteiger partial charge in [-0.1, -0.05) is 81.5 Å². The van der Waals surface area contributed by atoms with E-state index in [1.54, 1.807) is 6.07 Å². The molecular formula is C42H64O3. The lowest BCUT2D eigenvalue weighted by Gasteiger charge is -2.09. The van der Waals surface area contributed by atoms with Crippen LogP contribution >= 0.6 is 0 Å². The van der Waals surface area contributed by atoms with Crippen molar-refractivity contribution in [3.8, 4) is 17.2 Å². The highest BCUT2D eigenvalue weighted by molar-refractivity contribution is 5.51. The average Bonchev–Trinajstić information content (AvgIpc) is 2.97. The van der Waals surface area contributed by atoms with Crippen molar-refractivity contribution >= 4 is 0 Å². The number of benzene rings is 1. The summed E-state index contributed by atoms with van der Waals surface area (Å²) < 4.78 is 5.13. The molecule has 0 saturated heterocycles. The fourth-order valence-corrected chi connectivity index (χ4v) is 5.18. The van der Waals surface area contributed by atoms with Crippen molar-refractivity contribution in [2.75, 3.05) is 7.11 Å². The van der Waals surface area contributed by atoms with Crippen LogP contribution < -0.4 is 4.74 Å². The van der Waals surface area contributed by atoms with E-state index in [1.807, 2.05) is 0 Å². The van der Waals surface area contributed by atoms with E-state index >= 15 is 0 Å². The molecule has 1 rings (SSSR count). The van der Waals surface area contributed by atoms with Crippen LogP contribution in [0, 0.1) is 0 Å². The summed E-state index contributed by atoms with van der Waals surface area (Å²) in [5, 5.41) is 20.1. The molecule has 0 bridgehead atoms. The molecule has 2 N–H and O–H groups in total. The normalized spacial score (nSPS) is 13.8. The third kappa shape index (κ3) is 19.7. The largest absolute Gasteiger partial charge is 0.508 e. The second-order valence-corrected chi connectivity index (χ2v) is 13.2. The maximum absolute atomic E-state index is 10.3. The van der Waals surface area contributed by atoms with E-state index in [0.29, 0.717) is 17.7 Å². The second kappa shape index (κ2) is 23.2. The number of rotatable bonds is 21. The molecule has 0 aromatic heterocycles. The minimum absolute atomic E-state index is 0.0959. The van der Waals surface area contributed by atoms with E-state index in [2.05, 4.69) is 97.9 Å². The van der Waals surface area contributed by atoms with Crippen LogP contribution in [0.1, 0.15) is 138 Å². The fraction of sp³-hybridized carbons (Fsp3) is 0.524. The molecule has 45 heavy (non-hydrogen) atoms. The monoisotopic (exact) mass is 616 g/mol. The van der Waals surface area contributed by atoms with E-state index < -0.39 is 0 Å². The van der Waals surface area contributed by atoms with E-state index in [0.717, 1.165) is 64.2 Å². The van der Waals surface area contributed by atoms with Crippen molar-refractivity contribution in [3.05, 3.63) is 99.2 Å². The Morgan fingerprint density at radius 1 is 0.511 bits per heavy atom. The minimum Gasteiger partial charge on any atom is -0.508 e. The Kier molecular flexibility index (Phi) is 20.5. The van der Waals surface area contributed by atoms with Gasteiger partial charge in [0.15, 0.2) is 11.5 Å². The van der Waals surface area contributed by atoms with Gasteiger partial charge in [-0.3, -0.25) is 0 Å². The minimum atomic E-state index is 0.0959. The van der Waals surface area contributed by atoms with Crippen molar-refractivity contribution in [1.82, 2.24) is 0 Å². The molecule has 0 atom stereocenters. The van der Waals surface area contributed by atoms with Crippen LogP contribution in [-0.2, 0) is 6.42 Å². The average molecular weight is 617 g/mol. The molecule has 0 aliphatic heterocycles. The van der Waals surface area contributed by atoms with Gasteiger partial charge in [0.25, 0.3) is 0 Å². The molecule has 0 fully saturated rings. The summed E-state index contributed by atoms with van der Waals surface area (Å²) in [7, 11) is 1.49. The Hall–Kier alpha value is -3.20. The number of hydrogen-bond donors (Lipinski definition) is 2. The highest BCUT2D eigenvalue weighted by Gasteiger charge is 2.09. The van der Waals surface area contributed by atoms with Gasteiger partial charge in [-0.2, -0.15) is 0 Å². The molecule has 0 aliphatic carbocycles.